The monoisotopic (exact) mass is 221 g/mol. The molecule has 1 aromatic carbocycles. The van der Waals surface area contributed by atoms with E-state index >= 15 is 0 Å². The van der Waals surface area contributed by atoms with Crippen LogP contribution in [0.5, 0.6) is 0 Å². The van der Waals surface area contributed by atoms with Crippen molar-refractivity contribution in [2.24, 2.45) is 5.73 Å². The molecule has 3 N–H and O–H groups in total. The third kappa shape index (κ3) is 2.83. The molecule has 0 aliphatic heterocycles. The van der Waals surface area contributed by atoms with E-state index in [1.54, 1.807) is 0 Å². The van der Waals surface area contributed by atoms with Gasteiger partial charge in [0.1, 0.15) is 0 Å². The van der Waals surface area contributed by atoms with Gasteiger partial charge >= 0.3 is 0 Å². The molecule has 0 heterocycles. The first kappa shape index (κ1) is 13.2. The summed E-state index contributed by atoms with van der Waals surface area (Å²) >= 11 is 0. The maximum absolute atomic E-state index is 9.95. The predicted molar refractivity (Wildman–Crippen MR) is 68.5 cm³/mol. The highest BCUT2D eigenvalue weighted by atomic mass is 16.3. The van der Waals surface area contributed by atoms with Crippen molar-refractivity contribution in [3.63, 3.8) is 0 Å². The van der Waals surface area contributed by atoms with Crippen molar-refractivity contribution >= 4 is 0 Å². The number of nitrogens with two attached hydrogens (primary N) is 1. The lowest BCUT2D eigenvalue weighted by Gasteiger charge is -2.23. The number of aliphatic hydroxyl groups is 1. The summed E-state index contributed by atoms with van der Waals surface area (Å²) in [6.45, 7) is 10.4. The van der Waals surface area contributed by atoms with Crippen LogP contribution in [0.25, 0.3) is 0 Å². The Morgan fingerprint density at radius 1 is 1.25 bits per heavy atom. The van der Waals surface area contributed by atoms with Crippen LogP contribution in [0.3, 0.4) is 0 Å². The molecule has 0 saturated carbocycles. The van der Waals surface area contributed by atoms with E-state index in [4.69, 9.17) is 5.73 Å². The lowest BCUT2D eigenvalue weighted by molar-refractivity contribution is 0.152. The van der Waals surface area contributed by atoms with Crippen LogP contribution in [0.2, 0.25) is 0 Å². The molecule has 0 fully saturated rings. The number of rotatable bonds is 2. The smallest absolute Gasteiger partial charge is 0.0940 e. The third-order valence-electron chi connectivity index (χ3n) is 2.95. The lowest BCUT2D eigenvalue weighted by atomic mass is 9.84. The third-order valence-corrected chi connectivity index (χ3v) is 2.95. The molecule has 16 heavy (non-hydrogen) atoms. The molecule has 2 nitrogen and oxygen atoms in total. The van der Waals surface area contributed by atoms with Crippen molar-refractivity contribution < 1.29 is 5.11 Å². The van der Waals surface area contributed by atoms with Crippen LogP contribution < -0.4 is 5.73 Å². The molecule has 0 radical (unpaired) electrons. The quantitative estimate of drug-likeness (QED) is 0.806. The second-order valence-corrected chi connectivity index (χ2v) is 5.63. The summed E-state index contributed by atoms with van der Waals surface area (Å²) in [5.41, 5.74) is 9.18. The molecule has 1 aromatic rings. The summed E-state index contributed by atoms with van der Waals surface area (Å²) in [6, 6.07) is 5.97. The maximum Gasteiger partial charge on any atom is 0.0940 e. The van der Waals surface area contributed by atoms with Crippen LogP contribution >= 0.6 is 0 Å². The van der Waals surface area contributed by atoms with E-state index in [9.17, 15) is 5.11 Å². The van der Waals surface area contributed by atoms with Crippen molar-refractivity contribution in [2.45, 2.75) is 52.2 Å². The van der Waals surface area contributed by atoms with Gasteiger partial charge in [0.2, 0.25) is 0 Å². The van der Waals surface area contributed by atoms with Gasteiger partial charge in [0.15, 0.2) is 0 Å². The Morgan fingerprint density at radius 2 is 1.81 bits per heavy atom. The minimum Gasteiger partial charge on any atom is -0.387 e. The molecule has 0 saturated heterocycles. The van der Waals surface area contributed by atoms with Gasteiger partial charge in [-0.25, -0.2) is 0 Å². The molecule has 2 atom stereocenters. The second-order valence-electron chi connectivity index (χ2n) is 5.63. The zero-order chi connectivity index (χ0) is 12.5. The Labute approximate surface area is 98.5 Å². The lowest BCUT2D eigenvalue weighted by Crippen LogP contribution is -2.25. The molecule has 0 spiro atoms. The average Bonchev–Trinajstić information content (AvgIpc) is 2.15. The first-order valence-corrected chi connectivity index (χ1v) is 5.78. The van der Waals surface area contributed by atoms with Crippen LogP contribution in [0.4, 0.5) is 0 Å². The van der Waals surface area contributed by atoms with Crippen LogP contribution in [-0.2, 0) is 5.41 Å². The molecule has 90 valence electrons. The predicted octanol–water partition coefficient (Wildman–Crippen LogP) is 2.67. The van der Waals surface area contributed by atoms with Crippen molar-refractivity contribution in [1.82, 2.24) is 0 Å². The zero-order valence-electron chi connectivity index (χ0n) is 10.9. The van der Waals surface area contributed by atoms with Crippen LogP contribution in [0, 0.1) is 6.92 Å². The van der Waals surface area contributed by atoms with Gasteiger partial charge in [-0.05, 0) is 36.0 Å². The fourth-order valence-corrected chi connectivity index (χ4v) is 1.76. The van der Waals surface area contributed by atoms with E-state index in [-0.39, 0.29) is 11.5 Å². The Kier molecular flexibility index (Phi) is 3.76. The SMILES string of the molecule is Cc1cc(C(C)(C)C)ccc1C(O)C(C)N. The highest BCUT2D eigenvalue weighted by Gasteiger charge is 2.18. The van der Waals surface area contributed by atoms with Gasteiger partial charge in [0.25, 0.3) is 0 Å². The average molecular weight is 221 g/mol. The van der Waals surface area contributed by atoms with E-state index in [0.717, 1.165) is 11.1 Å². The van der Waals surface area contributed by atoms with E-state index < -0.39 is 6.10 Å². The standard InChI is InChI=1S/C14H23NO/c1-9-8-11(14(3,4)5)6-7-12(9)13(16)10(2)15/h6-8,10,13,16H,15H2,1-5H3. The first-order valence-electron chi connectivity index (χ1n) is 5.78. The fraction of sp³-hybridized carbons (Fsp3) is 0.571. The highest BCUT2D eigenvalue weighted by Crippen LogP contribution is 2.27. The second kappa shape index (κ2) is 4.56. The molecular formula is C14H23NO. The van der Waals surface area contributed by atoms with Gasteiger partial charge in [-0.15, -0.1) is 0 Å². The van der Waals surface area contributed by atoms with E-state index in [0.29, 0.717) is 0 Å². The number of hydrogen-bond donors (Lipinski definition) is 2. The van der Waals surface area contributed by atoms with Crippen molar-refractivity contribution in [3.8, 4) is 0 Å². The van der Waals surface area contributed by atoms with Gasteiger partial charge in [-0.3, -0.25) is 0 Å². The summed E-state index contributed by atoms with van der Waals surface area (Å²) in [6.07, 6.45) is -0.575. The topological polar surface area (TPSA) is 46.2 Å². The summed E-state index contributed by atoms with van der Waals surface area (Å²) in [5, 5.41) is 9.95. The minimum atomic E-state index is -0.575. The molecule has 1 rings (SSSR count). The Morgan fingerprint density at radius 3 is 2.19 bits per heavy atom. The van der Waals surface area contributed by atoms with Crippen molar-refractivity contribution in [2.75, 3.05) is 0 Å². The molecular weight excluding hydrogens is 198 g/mol. The summed E-state index contributed by atoms with van der Waals surface area (Å²) in [4.78, 5) is 0. The molecule has 0 amide bonds. The van der Waals surface area contributed by atoms with E-state index in [1.807, 2.05) is 19.9 Å². The Hall–Kier alpha value is -0.860. The van der Waals surface area contributed by atoms with Crippen molar-refractivity contribution in [3.05, 3.63) is 34.9 Å². The van der Waals surface area contributed by atoms with Gasteiger partial charge in [0, 0.05) is 6.04 Å². The minimum absolute atomic E-state index is 0.141. The van der Waals surface area contributed by atoms with Crippen LogP contribution in [-0.4, -0.2) is 11.1 Å². The number of hydrogen-bond acceptors (Lipinski definition) is 2. The van der Waals surface area contributed by atoms with E-state index in [2.05, 4.69) is 32.9 Å². The fourth-order valence-electron chi connectivity index (χ4n) is 1.76. The first-order chi connectivity index (χ1) is 7.23. The van der Waals surface area contributed by atoms with E-state index in [1.165, 1.54) is 5.56 Å². The molecule has 0 aromatic heterocycles. The van der Waals surface area contributed by atoms with Gasteiger partial charge in [-0.2, -0.15) is 0 Å². The Balaban J connectivity index is 3.10. The molecule has 0 bridgehead atoms. The number of aryl methyl sites for hydroxylation is 1. The highest BCUT2D eigenvalue weighted by molar-refractivity contribution is 5.36. The van der Waals surface area contributed by atoms with Gasteiger partial charge in [-0.1, -0.05) is 39.0 Å². The zero-order valence-corrected chi connectivity index (χ0v) is 10.9. The molecule has 2 heteroatoms. The molecule has 0 aliphatic carbocycles. The number of aliphatic hydroxyl groups excluding tert-OH is 1. The van der Waals surface area contributed by atoms with Crippen molar-refractivity contribution in [1.29, 1.82) is 0 Å². The maximum atomic E-state index is 9.95. The summed E-state index contributed by atoms with van der Waals surface area (Å²) in [7, 11) is 0. The van der Waals surface area contributed by atoms with Crippen LogP contribution in [0.1, 0.15) is 50.5 Å². The number of benzene rings is 1. The molecule has 2 unspecified atom stereocenters. The van der Waals surface area contributed by atoms with Gasteiger partial charge in [0.05, 0.1) is 6.10 Å². The largest absolute Gasteiger partial charge is 0.387 e. The Bertz CT molecular complexity index is 363. The van der Waals surface area contributed by atoms with Gasteiger partial charge < -0.3 is 10.8 Å². The van der Waals surface area contributed by atoms with Crippen LogP contribution in [0.15, 0.2) is 18.2 Å². The molecule has 0 aliphatic rings. The normalized spacial score (nSPS) is 15.9. The summed E-state index contributed by atoms with van der Waals surface area (Å²) in [5.74, 6) is 0. The summed E-state index contributed by atoms with van der Waals surface area (Å²) < 4.78 is 0.